The van der Waals surface area contributed by atoms with Crippen LogP contribution in [0.2, 0.25) is 0 Å². The summed E-state index contributed by atoms with van der Waals surface area (Å²) in [6.07, 6.45) is 0. The molecule has 186 valence electrons. The lowest BCUT2D eigenvalue weighted by molar-refractivity contribution is 0.448. The highest BCUT2D eigenvalue weighted by molar-refractivity contribution is 7.86. The quantitative estimate of drug-likeness (QED) is 0.196. The van der Waals surface area contributed by atoms with E-state index in [1.165, 1.54) is 48.5 Å². The van der Waals surface area contributed by atoms with Gasteiger partial charge in [0.05, 0.1) is 0 Å². The highest BCUT2D eigenvalue weighted by Crippen LogP contribution is 2.37. The molecule has 0 unspecified atom stereocenters. The summed E-state index contributed by atoms with van der Waals surface area (Å²) in [5.41, 5.74) is 12.7. The molecule has 0 radical (unpaired) electrons. The SMILES string of the molecule is Nc1ccc(Oc2ccc(-c3ccc(Oc4ccc(N)cc4)c(S(=O)(=O)O)c3)cc2S(=O)(=O)O)cc1. The van der Waals surface area contributed by atoms with Gasteiger partial charge in [0.1, 0.15) is 32.8 Å². The largest absolute Gasteiger partial charge is 0.456 e. The van der Waals surface area contributed by atoms with Crippen LogP contribution < -0.4 is 20.9 Å². The van der Waals surface area contributed by atoms with Gasteiger partial charge in [-0.15, -0.1) is 0 Å². The summed E-state index contributed by atoms with van der Waals surface area (Å²) in [4.78, 5) is -1.10. The van der Waals surface area contributed by atoms with E-state index in [0.29, 0.717) is 11.4 Å². The number of hydrogen-bond acceptors (Lipinski definition) is 8. The van der Waals surface area contributed by atoms with Crippen LogP contribution in [0, 0.1) is 0 Å². The van der Waals surface area contributed by atoms with Crippen molar-refractivity contribution in [2.45, 2.75) is 9.79 Å². The van der Waals surface area contributed by atoms with E-state index < -0.39 is 30.0 Å². The van der Waals surface area contributed by atoms with Crippen LogP contribution in [0.25, 0.3) is 11.1 Å². The Balaban J connectivity index is 1.75. The highest BCUT2D eigenvalue weighted by Gasteiger charge is 2.22. The summed E-state index contributed by atoms with van der Waals surface area (Å²) in [6.45, 7) is 0. The fraction of sp³-hybridized carbons (Fsp3) is 0. The summed E-state index contributed by atoms with van der Waals surface area (Å²) >= 11 is 0. The summed E-state index contributed by atoms with van der Waals surface area (Å²) in [6, 6.07) is 20.1. The molecule has 0 aliphatic heterocycles. The minimum atomic E-state index is -4.74. The van der Waals surface area contributed by atoms with Crippen molar-refractivity contribution in [1.29, 1.82) is 0 Å². The summed E-state index contributed by atoms with van der Waals surface area (Å²) < 4.78 is 79.1. The lowest BCUT2D eigenvalue weighted by Gasteiger charge is -2.14. The van der Waals surface area contributed by atoms with Crippen molar-refractivity contribution >= 4 is 31.6 Å². The zero-order valence-electron chi connectivity index (χ0n) is 18.4. The number of rotatable bonds is 7. The Labute approximate surface area is 207 Å². The smallest absolute Gasteiger partial charge is 0.298 e. The number of nitrogen functional groups attached to an aromatic ring is 2. The molecule has 0 aliphatic rings. The Bertz CT molecular complexity index is 1510. The summed E-state index contributed by atoms with van der Waals surface area (Å²) in [5, 5.41) is 0. The molecule has 0 bridgehead atoms. The van der Waals surface area contributed by atoms with Gasteiger partial charge < -0.3 is 20.9 Å². The maximum absolute atomic E-state index is 12.1. The second-order valence-electron chi connectivity index (χ2n) is 7.62. The van der Waals surface area contributed by atoms with Crippen molar-refractivity contribution < 1.29 is 35.4 Å². The van der Waals surface area contributed by atoms with E-state index >= 15 is 0 Å². The first-order valence-corrected chi connectivity index (χ1v) is 13.1. The molecule has 0 saturated heterocycles. The highest BCUT2D eigenvalue weighted by atomic mass is 32.2. The zero-order chi connectivity index (χ0) is 26.1. The predicted molar refractivity (Wildman–Crippen MR) is 133 cm³/mol. The molecule has 0 saturated carbocycles. The third-order valence-electron chi connectivity index (χ3n) is 4.99. The first-order chi connectivity index (χ1) is 16.9. The lowest BCUT2D eigenvalue weighted by Crippen LogP contribution is -2.03. The van der Waals surface area contributed by atoms with Crippen LogP contribution in [0.1, 0.15) is 0 Å². The van der Waals surface area contributed by atoms with Crippen LogP contribution in [0.4, 0.5) is 11.4 Å². The van der Waals surface area contributed by atoms with Gasteiger partial charge in [-0.3, -0.25) is 9.11 Å². The van der Waals surface area contributed by atoms with Gasteiger partial charge in [0.2, 0.25) is 0 Å². The minimum absolute atomic E-state index is 0.163. The molecule has 0 aliphatic carbocycles. The van der Waals surface area contributed by atoms with E-state index in [9.17, 15) is 25.9 Å². The van der Waals surface area contributed by atoms with E-state index in [4.69, 9.17) is 20.9 Å². The van der Waals surface area contributed by atoms with Crippen LogP contribution in [0.5, 0.6) is 23.0 Å². The number of nitrogens with two attached hydrogens (primary N) is 2. The van der Waals surface area contributed by atoms with Crippen molar-refractivity contribution in [3.05, 3.63) is 84.9 Å². The van der Waals surface area contributed by atoms with Crippen molar-refractivity contribution in [2.24, 2.45) is 0 Å². The average molecular weight is 529 g/mol. The van der Waals surface area contributed by atoms with E-state index in [2.05, 4.69) is 0 Å². The van der Waals surface area contributed by atoms with Crippen LogP contribution in [0.3, 0.4) is 0 Å². The molecule has 0 aromatic heterocycles. The summed E-state index contributed by atoms with van der Waals surface area (Å²) in [5.74, 6) is 0.230. The molecule has 0 amide bonds. The van der Waals surface area contributed by atoms with Gasteiger partial charge in [0.15, 0.2) is 0 Å². The molecule has 0 heterocycles. The van der Waals surface area contributed by atoms with Gasteiger partial charge in [-0.25, -0.2) is 0 Å². The van der Waals surface area contributed by atoms with Gasteiger partial charge in [-0.2, -0.15) is 16.8 Å². The fourth-order valence-corrected chi connectivity index (χ4v) is 4.55. The summed E-state index contributed by atoms with van der Waals surface area (Å²) in [7, 11) is -9.47. The molecule has 6 N–H and O–H groups in total. The Morgan fingerprint density at radius 2 is 0.861 bits per heavy atom. The normalized spacial score (nSPS) is 11.7. The van der Waals surface area contributed by atoms with Crippen molar-refractivity contribution in [3.8, 4) is 34.1 Å². The minimum Gasteiger partial charge on any atom is -0.456 e. The average Bonchev–Trinajstić information content (AvgIpc) is 2.81. The first kappa shape index (κ1) is 25.0. The molecule has 12 heteroatoms. The van der Waals surface area contributed by atoms with Crippen LogP contribution in [-0.4, -0.2) is 25.9 Å². The Kier molecular flexibility index (Phi) is 6.61. The molecule has 4 aromatic rings. The van der Waals surface area contributed by atoms with Gasteiger partial charge >= 0.3 is 0 Å². The molecule has 4 rings (SSSR count). The topological polar surface area (TPSA) is 179 Å². The van der Waals surface area contributed by atoms with E-state index in [1.807, 2.05) is 0 Å². The first-order valence-electron chi connectivity index (χ1n) is 10.2. The van der Waals surface area contributed by atoms with Gasteiger partial charge in [-0.05, 0) is 83.9 Å². The molecule has 10 nitrogen and oxygen atoms in total. The Morgan fingerprint density at radius 1 is 0.528 bits per heavy atom. The Hall–Kier alpha value is -4.10. The lowest BCUT2D eigenvalue weighted by atomic mass is 10.1. The van der Waals surface area contributed by atoms with Gasteiger partial charge in [0, 0.05) is 11.4 Å². The number of benzene rings is 4. The zero-order valence-corrected chi connectivity index (χ0v) is 20.0. The molecule has 0 spiro atoms. The molecule has 36 heavy (non-hydrogen) atoms. The van der Waals surface area contributed by atoms with Crippen LogP contribution in [0.15, 0.2) is 94.7 Å². The molecular formula is C24H20N2O8S2. The third kappa shape index (κ3) is 5.75. The van der Waals surface area contributed by atoms with Crippen LogP contribution >= 0.6 is 0 Å². The number of anilines is 2. The van der Waals surface area contributed by atoms with Gasteiger partial charge in [0.25, 0.3) is 20.2 Å². The second kappa shape index (κ2) is 9.51. The van der Waals surface area contributed by atoms with Crippen molar-refractivity contribution in [3.63, 3.8) is 0 Å². The Morgan fingerprint density at radius 3 is 1.17 bits per heavy atom. The number of ether oxygens (including phenoxy) is 2. The van der Waals surface area contributed by atoms with Crippen LogP contribution in [-0.2, 0) is 20.2 Å². The third-order valence-corrected chi connectivity index (χ3v) is 6.74. The maximum Gasteiger partial charge on any atom is 0.298 e. The standard InChI is InChI=1S/C24H20N2O8S2/c25-17-3-7-19(8-4-17)33-21-11-1-15(13-23(21)35(27,28)29)16-2-12-22(24(14-16)36(30,31)32)34-20-9-5-18(26)6-10-20/h1-14H,25-26H2,(H,27,28,29)(H,30,31,32). The van der Waals surface area contributed by atoms with E-state index in [1.54, 1.807) is 24.3 Å². The monoisotopic (exact) mass is 528 g/mol. The molecule has 0 fully saturated rings. The van der Waals surface area contributed by atoms with E-state index in [0.717, 1.165) is 12.1 Å². The number of hydrogen-bond donors (Lipinski definition) is 4. The fourth-order valence-electron chi connectivity index (χ4n) is 3.27. The molecule has 0 atom stereocenters. The molecular weight excluding hydrogens is 508 g/mol. The second-order valence-corrected chi connectivity index (χ2v) is 10.4. The maximum atomic E-state index is 12.1. The molecule has 4 aromatic carbocycles. The van der Waals surface area contributed by atoms with E-state index in [-0.39, 0.29) is 34.1 Å². The van der Waals surface area contributed by atoms with Crippen molar-refractivity contribution in [1.82, 2.24) is 0 Å². The predicted octanol–water partition coefficient (Wildman–Crippen LogP) is 4.60. The van der Waals surface area contributed by atoms with Crippen molar-refractivity contribution in [2.75, 3.05) is 11.5 Å². The van der Waals surface area contributed by atoms with Gasteiger partial charge in [-0.1, -0.05) is 12.1 Å².